The Morgan fingerprint density at radius 3 is 2.90 bits per heavy atom. The number of carbonyl (C=O) groups excluding carboxylic acids is 1. The van der Waals surface area contributed by atoms with Crippen LogP contribution in [0.25, 0.3) is 0 Å². The van der Waals surface area contributed by atoms with Gasteiger partial charge in [0.1, 0.15) is 5.82 Å². The molecule has 5 nitrogen and oxygen atoms in total. The third-order valence-corrected chi connectivity index (χ3v) is 3.96. The lowest BCUT2D eigenvalue weighted by Crippen LogP contribution is -2.34. The van der Waals surface area contributed by atoms with Crippen molar-refractivity contribution >= 4 is 23.1 Å². The van der Waals surface area contributed by atoms with E-state index in [2.05, 4.69) is 28.9 Å². The number of fused-ring (bicyclic) bond motifs is 1. The summed E-state index contributed by atoms with van der Waals surface area (Å²) in [5.74, 6) is 0.173. The van der Waals surface area contributed by atoms with Crippen molar-refractivity contribution in [3.8, 4) is 0 Å². The van der Waals surface area contributed by atoms with Gasteiger partial charge in [-0.2, -0.15) is 0 Å². The molecule has 4 N–H and O–H groups in total. The standard InChI is InChI=1S/C16H18N4O/c1-10-6-7-11-4-2-3-5-14(11)20(10)15-8-12(16(18)21)13(17)9-19-15/h2-5,8-10H,6-7,17H2,1H3,(H2,18,21). The van der Waals surface area contributed by atoms with E-state index in [9.17, 15) is 4.79 Å². The molecule has 108 valence electrons. The first-order valence-corrected chi connectivity index (χ1v) is 7.00. The summed E-state index contributed by atoms with van der Waals surface area (Å²) >= 11 is 0. The van der Waals surface area contributed by atoms with Crippen LogP contribution in [0.3, 0.4) is 0 Å². The lowest BCUT2D eigenvalue weighted by atomic mass is 9.96. The van der Waals surface area contributed by atoms with E-state index < -0.39 is 5.91 Å². The molecule has 1 aliphatic rings. The minimum atomic E-state index is -0.533. The van der Waals surface area contributed by atoms with Gasteiger partial charge in [-0.1, -0.05) is 18.2 Å². The molecule has 3 rings (SSSR count). The lowest BCUT2D eigenvalue weighted by molar-refractivity contribution is 0.100. The zero-order valence-corrected chi connectivity index (χ0v) is 11.9. The van der Waals surface area contributed by atoms with Crippen LogP contribution < -0.4 is 16.4 Å². The summed E-state index contributed by atoms with van der Waals surface area (Å²) in [4.78, 5) is 18.0. The zero-order valence-electron chi connectivity index (χ0n) is 11.9. The lowest BCUT2D eigenvalue weighted by Gasteiger charge is -2.36. The third-order valence-electron chi connectivity index (χ3n) is 3.96. The predicted molar refractivity (Wildman–Crippen MR) is 83.5 cm³/mol. The average Bonchev–Trinajstić information content (AvgIpc) is 2.48. The van der Waals surface area contributed by atoms with E-state index in [1.165, 1.54) is 11.8 Å². The highest BCUT2D eigenvalue weighted by Gasteiger charge is 2.25. The number of aromatic nitrogens is 1. The van der Waals surface area contributed by atoms with Crippen molar-refractivity contribution in [1.82, 2.24) is 4.98 Å². The van der Waals surface area contributed by atoms with Gasteiger partial charge in [-0.05, 0) is 37.5 Å². The van der Waals surface area contributed by atoms with Gasteiger partial charge in [-0.3, -0.25) is 4.79 Å². The maximum atomic E-state index is 11.5. The topological polar surface area (TPSA) is 85.2 Å². The molecular weight excluding hydrogens is 264 g/mol. The SMILES string of the molecule is CC1CCc2ccccc2N1c1cc(C(N)=O)c(N)cn1. The number of hydrogen-bond acceptors (Lipinski definition) is 4. The summed E-state index contributed by atoms with van der Waals surface area (Å²) in [6.45, 7) is 2.15. The Morgan fingerprint density at radius 1 is 1.38 bits per heavy atom. The Kier molecular flexibility index (Phi) is 3.25. The molecule has 1 aromatic carbocycles. The summed E-state index contributed by atoms with van der Waals surface area (Å²) in [5.41, 5.74) is 14.2. The molecule has 0 saturated heterocycles. The number of nitrogen functional groups attached to an aromatic ring is 1. The van der Waals surface area contributed by atoms with Gasteiger partial charge in [0.25, 0.3) is 5.91 Å². The van der Waals surface area contributed by atoms with E-state index in [0.29, 0.717) is 23.1 Å². The molecule has 1 unspecified atom stereocenters. The monoisotopic (exact) mass is 282 g/mol. The molecule has 0 spiro atoms. The highest BCUT2D eigenvalue weighted by Crippen LogP contribution is 2.36. The predicted octanol–water partition coefficient (Wildman–Crippen LogP) is 2.24. The maximum Gasteiger partial charge on any atom is 0.250 e. The Hall–Kier alpha value is -2.56. The van der Waals surface area contributed by atoms with E-state index >= 15 is 0 Å². The van der Waals surface area contributed by atoms with E-state index in [1.54, 1.807) is 6.07 Å². The number of primary amides is 1. The van der Waals surface area contributed by atoms with Crippen LogP contribution in [0.15, 0.2) is 36.5 Å². The molecule has 1 aromatic heterocycles. The number of nitrogens with zero attached hydrogens (tertiary/aromatic N) is 2. The molecule has 0 radical (unpaired) electrons. The van der Waals surface area contributed by atoms with Crippen LogP contribution in [-0.2, 0) is 6.42 Å². The van der Waals surface area contributed by atoms with Crippen LogP contribution in [0.5, 0.6) is 0 Å². The molecule has 0 aliphatic carbocycles. The molecule has 21 heavy (non-hydrogen) atoms. The van der Waals surface area contributed by atoms with Crippen LogP contribution >= 0.6 is 0 Å². The number of para-hydroxylation sites is 1. The van der Waals surface area contributed by atoms with Crippen molar-refractivity contribution in [3.63, 3.8) is 0 Å². The van der Waals surface area contributed by atoms with Crippen LogP contribution in [0.2, 0.25) is 0 Å². The van der Waals surface area contributed by atoms with Gasteiger partial charge in [-0.15, -0.1) is 0 Å². The summed E-state index contributed by atoms with van der Waals surface area (Å²) in [6.07, 6.45) is 3.58. The zero-order chi connectivity index (χ0) is 15.0. The fourth-order valence-electron chi connectivity index (χ4n) is 2.84. The first-order valence-electron chi connectivity index (χ1n) is 7.00. The van der Waals surface area contributed by atoms with Gasteiger partial charge in [0.15, 0.2) is 0 Å². The fraction of sp³-hybridized carbons (Fsp3) is 0.250. The minimum Gasteiger partial charge on any atom is -0.397 e. The summed E-state index contributed by atoms with van der Waals surface area (Å²) < 4.78 is 0. The molecule has 0 bridgehead atoms. The Labute approximate surface area is 123 Å². The van der Waals surface area contributed by atoms with Crippen LogP contribution in [0.4, 0.5) is 17.2 Å². The van der Waals surface area contributed by atoms with Crippen LogP contribution in [0.1, 0.15) is 29.3 Å². The van der Waals surface area contributed by atoms with Crippen molar-refractivity contribution in [2.75, 3.05) is 10.6 Å². The van der Waals surface area contributed by atoms with Crippen molar-refractivity contribution in [2.24, 2.45) is 5.73 Å². The number of amides is 1. The largest absolute Gasteiger partial charge is 0.397 e. The van der Waals surface area contributed by atoms with E-state index in [4.69, 9.17) is 11.5 Å². The van der Waals surface area contributed by atoms with Gasteiger partial charge < -0.3 is 16.4 Å². The maximum absolute atomic E-state index is 11.5. The van der Waals surface area contributed by atoms with Crippen molar-refractivity contribution in [1.29, 1.82) is 0 Å². The molecule has 1 amide bonds. The van der Waals surface area contributed by atoms with Crippen LogP contribution in [0, 0.1) is 0 Å². The van der Waals surface area contributed by atoms with E-state index in [1.807, 2.05) is 12.1 Å². The normalized spacial score (nSPS) is 17.4. The second-order valence-corrected chi connectivity index (χ2v) is 5.38. The molecule has 2 heterocycles. The Bertz CT molecular complexity index is 698. The van der Waals surface area contributed by atoms with Gasteiger partial charge in [-0.25, -0.2) is 4.98 Å². The molecular formula is C16H18N4O. The van der Waals surface area contributed by atoms with Gasteiger partial charge in [0.2, 0.25) is 0 Å². The molecule has 1 aliphatic heterocycles. The summed E-state index contributed by atoms with van der Waals surface area (Å²) in [6, 6.07) is 10.2. The quantitative estimate of drug-likeness (QED) is 0.884. The molecule has 2 aromatic rings. The first kappa shape index (κ1) is 13.4. The van der Waals surface area contributed by atoms with E-state index in [0.717, 1.165) is 18.5 Å². The number of aryl methyl sites for hydroxylation is 1. The minimum absolute atomic E-state index is 0.303. The summed E-state index contributed by atoms with van der Waals surface area (Å²) in [7, 11) is 0. The number of rotatable bonds is 2. The smallest absolute Gasteiger partial charge is 0.250 e. The van der Waals surface area contributed by atoms with Crippen molar-refractivity contribution < 1.29 is 4.79 Å². The first-order chi connectivity index (χ1) is 10.1. The van der Waals surface area contributed by atoms with Gasteiger partial charge in [0.05, 0.1) is 17.4 Å². The summed E-state index contributed by atoms with van der Waals surface area (Å²) in [5, 5.41) is 0. The molecule has 0 fully saturated rings. The van der Waals surface area contributed by atoms with Gasteiger partial charge in [0, 0.05) is 11.7 Å². The van der Waals surface area contributed by atoms with Gasteiger partial charge >= 0.3 is 0 Å². The van der Waals surface area contributed by atoms with Crippen LogP contribution in [-0.4, -0.2) is 16.9 Å². The van der Waals surface area contributed by atoms with Crippen molar-refractivity contribution in [2.45, 2.75) is 25.8 Å². The second-order valence-electron chi connectivity index (χ2n) is 5.38. The average molecular weight is 282 g/mol. The number of pyridine rings is 1. The number of carbonyl (C=O) groups is 1. The third kappa shape index (κ3) is 2.31. The Balaban J connectivity index is 2.12. The Morgan fingerprint density at radius 2 is 2.14 bits per heavy atom. The highest BCUT2D eigenvalue weighted by atomic mass is 16.1. The molecule has 1 atom stereocenters. The van der Waals surface area contributed by atoms with E-state index in [-0.39, 0.29) is 0 Å². The molecule has 0 saturated carbocycles. The molecule has 5 heteroatoms. The highest BCUT2D eigenvalue weighted by molar-refractivity contribution is 5.98. The fourth-order valence-corrected chi connectivity index (χ4v) is 2.84. The number of hydrogen-bond donors (Lipinski definition) is 2. The number of benzene rings is 1. The number of nitrogens with two attached hydrogens (primary N) is 2. The number of anilines is 3. The van der Waals surface area contributed by atoms with Crippen molar-refractivity contribution in [3.05, 3.63) is 47.7 Å². The second kappa shape index (κ2) is 5.09.